The molecule has 5 N–H and O–H groups in total. The quantitative estimate of drug-likeness (QED) is 0.409. The van der Waals surface area contributed by atoms with Crippen molar-refractivity contribution in [2.45, 2.75) is 25.9 Å². The molecule has 80 valence electrons. The van der Waals surface area contributed by atoms with Gasteiger partial charge in [-0.25, -0.2) is 4.79 Å². The number of nitrogens with two attached hydrogens (primary N) is 2. The first-order valence-electron chi connectivity index (χ1n) is 4.74. The van der Waals surface area contributed by atoms with E-state index in [9.17, 15) is 4.79 Å². The zero-order valence-corrected chi connectivity index (χ0v) is 8.36. The van der Waals surface area contributed by atoms with Gasteiger partial charge in [0.25, 0.3) is 0 Å². The highest BCUT2D eigenvalue weighted by atomic mass is 16.2. The number of rotatable bonds is 2. The summed E-state index contributed by atoms with van der Waals surface area (Å²) in [6, 6.07) is -0.482. The third-order valence-corrected chi connectivity index (χ3v) is 2.25. The van der Waals surface area contributed by atoms with Crippen LogP contribution in [-0.4, -0.2) is 36.1 Å². The minimum atomic E-state index is -0.482. The van der Waals surface area contributed by atoms with Gasteiger partial charge in [0.05, 0.1) is 6.17 Å². The van der Waals surface area contributed by atoms with Crippen LogP contribution in [0.3, 0.4) is 0 Å². The van der Waals surface area contributed by atoms with Crippen molar-refractivity contribution in [3.8, 4) is 0 Å². The van der Waals surface area contributed by atoms with Crippen LogP contribution in [0.4, 0.5) is 4.79 Å². The molecule has 1 heterocycles. The van der Waals surface area contributed by atoms with Crippen molar-refractivity contribution in [3.63, 3.8) is 0 Å². The van der Waals surface area contributed by atoms with Gasteiger partial charge in [-0.3, -0.25) is 4.90 Å². The number of urea groups is 1. The molecule has 0 aliphatic carbocycles. The van der Waals surface area contributed by atoms with Crippen molar-refractivity contribution in [1.29, 1.82) is 0 Å². The van der Waals surface area contributed by atoms with Crippen LogP contribution in [0, 0.1) is 0 Å². The van der Waals surface area contributed by atoms with Crippen LogP contribution in [0.1, 0.15) is 19.8 Å². The Bertz CT molecular complexity index is 230. The third kappa shape index (κ3) is 3.21. The van der Waals surface area contributed by atoms with Crippen molar-refractivity contribution in [2.75, 3.05) is 13.1 Å². The number of amides is 2. The molecule has 0 spiro atoms. The Hall–Kier alpha value is -1.30. The number of carbonyl (C=O) groups excluding carboxylic acids is 1. The van der Waals surface area contributed by atoms with Gasteiger partial charge in [0.1, 0.15) is 0 Å². The van der Waals surface area contributed by atoms with Gasteiger partial charge in [-0.2, -0.15) is 4.99 Å². The SMILES string of the molecule is CC(NC(=O)N=C(N)N)N1CCCC1. The fourth-order valence-electron chi connectivity index (χ4n) is 1.55. The van der Waals surface area contributed by atoms with Gasteiger partial charge in [0.2, 0.25) is 0 Å². The van der Waals surface area contributed by atoms with Gasteiger partial charge < -0.3 is 16.8 Å². The number of aliphatic imine (C=N–C) groups is 1. The van der Waals surface area contributed by atoms with E-state index in [0.717, 1.165) is 13.1 Å². The lowest BCUT2D eigenvalue weighted by molar-refractivity contribution is 0.206. The summed E-state index contributed by atoms with van der Waals surface area (Å²) in [4.78, 5) is 16.7. The highest BCUT2D eigenvalue weighted by Crippen LogP contribution is 2.09. The van der Waals surface area contributed by atoms with Crippen LogP contribution in [-0.2, 0) is 0 Å². The fourth-order valence-corrected chi connectivity index (χ4v) is 1.55. The zero-order chi connectivity index (χ0) is 10.6. The molecule has 0 aromatic heterocycles. The van der Waals surface area contributed by atoms with Crippen molar-refractivity contribution in [1.82, 2.24) is 10.2 Å². The second-order valence-corrected chi connectivity index (χ2v) is 3.41. The summed E-state index contributed by atoms with van der Waals surface area (Å²) in [5.74, 6) is -0.212. The molecule has 1 saturated heterocycles. The monoisotopic (exact) mass is 199 g/mol. The molecule has 14 heavy (non-hydrogen) atoms. The lowest BCUT2D eigenvalue weighted by Crippen LogP contribution is -2.44. The normalized spacial score (nSPS) is 18.9. The second-order valence-electron chi connectivity index (χ2n) is 3.41. The van der Waals surface area contributed by atoms with Crippen molar-refractivity contribution in [2.24, 2.45) is 16.5 Å². The van der Waals surface area contributed by atoms with Crippen LogP contribution in [0.25, 0.3) is 0 Å². The third-order valence-electron chi connectivity index (χ3n) is 2.25. The average Bonchev–Trinajstić information content (AvgIpc) is 2.53. The fraction of sp³-hybridized carbons (Fsp3) is 0.750. The molecule has 6 nitrogen and oxygen atoms in total. The van der Waals surface area contributed by atoms with Crippen LogP contribution >= 0.6 is 0 Å². The molecule has 1 atom stereocenters. The van der Waals surface area contributed by atoms with Crippen LogP contribution < -0.4 is 16.8 Å². The predicted octanol–water partition coefficient (Wildman–Crippen LogP) is -0.589. The summed E-state index contributed by atoms with van der Waals surface area (Å²) in [6.07, 6.45) is 2.36. The second kappa shape index (κ2) is 4.80. The predicted molar refractivity (Wildman–Crippen MR) is 54.6 cm³/mol. The van der Waals surface area contributed by atoms with E-state index in [1.165, 1.54) is 12.8 Å². The molecule has 0 aromatic carbocycles. The van der Waals surface area contributed by atoms with Crippen LogP contribution in [0.5, 0.6) is 0 Å². The van der Waals surface area contributed by atoms with E-state index < -0.39 is 6.03 Å². The van der Waals surface area contributed by atoms with Crippen molar-refractivity contribution < 1.29 is 4.79 Å². The van der Waals surface area contributed by atoms with Gasteiger partial charge in [0, 0.05) is 13.1 Å². The maximum Gasteiger partial charge on any atom is 0.345 e. The molecule has 1 aliphatic rings. The maximum absolute atomic E-state index is 11.1. The Kier molecular flexibility index (Phi) is 3.70. The standard InChI is InChI=1S/C8H17N5O/c1-6(13-4-2-3-5-13)11-8(14)12-7(9)10/h6H,2-5H2,1H3,(H5,9,10,11,12,14). The number of carbonyl (C=O) groups is 1. The molecule has 0 aromatic rings. The molecule has 1 rings (SSSR count). The first-order chi connectivity index (χ1) is 6.59. The van der Waals surface area contributed by atoms with E-state index in [4.69, 9.17) is 11.5 Å². The number of guanidine groups is 1. The topological polar surface area (TPSA) is 96.7 Å². The molecule has 2 amide bonds. The minimum Gasteiger partial charge on any atom is -0.370 e. The maximum atomic E-state index is 11.1. The van der Waals surface area contributed by atoms with Gasteiger partial charge in [-0.05, 0) is 19.8 Å². The molecule has 0 radical (unpaired) electrons. The summed E-state index contributed by atoms with van der Waals surface area (Å²) in [5.41, 5.74) is 10.2. The number of hydrogen-bond acceptors (Lipinski definition) is 2. The van der Waals surface area contributed by atoms with Gasteiger partial charge in [-0.1, -0.05) is 0 Å². The van der Waals surface area contributed by atoms with Crippen molar-refractivity contribution >= 4 is 12.0 Å². The first-order valence-corrected chi connectivity index (χ1v) is 4.74. The Labute approximate surface area is 83.3 Å². The first kappa shape index (κ1) is 10.8. The highest BCUT2D eigenvalue weighted by Gasteiger charge is 2.18. The zero-order valence-electron chi connectivity index (χ0n) is 8.36. The molecular formula is C8H17N5O. The lowest BCUT2D eigenvalue weighted by atomic mass is 10.4. The van der Waals surface area contributed by atoms with Crippen molar-refractivity contribution in [3.05, 3.63) is 0 Å². The largest absolute Gasteiger partial charge is 0.370 e. The van der Waals surface area contributed by atoms with E-state index in [1.807, 2.05) is 6.92 Å². The number of hydrogen-bond donors (Lipinski definition) is 3. The summed E-state index contributed by atoms with van der Waals surface area (Å²) in [7, 11) is 0. The molecule has 0 saturated carbocycles. The minimum absolute atomic E-state index is 0.00639. The lowest BCUT2D eigenvalue weighted by Gasteiger charge is -2.23. The molecule has 1 fully saturated rings. The van der Waals surface area contributed by atoms with E-state index in [-0.39, 0.29) is 12.1 Å². The number of nitrogens with zero attached hydrogens (tertiary/aromatic N) is 2. The molecule has 1 unspecified atom stereocenters. The smallest absolute Gasteiger partial charge is 0.345 e. The van der Waals surface area contributed by atoms with Gasteiger partial charge in [0.15, 0.2) is 5.96 Å². The summed E-state index contributed by atoms with van der Waals surface area (Å²) >= 11 is 0. The summed E-state index contributed by atoms with van der Waals surface area (Å²) in [5, 5.41) is 2.69. The molecule has 6 heteroatoms. The Morgan fingerprint density at radius 3 is 2.50 bits per heavy atom. The van der Waals surface area contributed by atoms with Crippen LogP contribution in [0.15, 0.2) is 4.99 Å². The molecule has 0 bridgehead atoms. The number of nitrogens with one attached hydrogen (secondary N) is 1. The Morgan fingerprint density at radius 2 is 2.00 bits per heavy atom. The average molecular weight is 199 g/mol. The van der Waals surface area contributed by atoms with E-state index in [2.05, 4.69) is 15.2 Å². The Morgan fingerprint density at radius 1 is 1.43 bits per heavy atom. The molecular weight excluding hydrogens is 182 g/mol. The Balaban J connectivity index is 2.35. The number of likely N-dealkylation sites (tertiary alicyclic amines) is 1. The van der Waals surface area contributed by atoms with E-state index in [0.29, 0.717) is 0 Å². The van der Waals surface area contributed by atoms with Crippen LogP contribution in [0.2, 0.25) is 0 Å². The van der Waals surface area contributed by atoms with Gasteiger partial charge >= 0.3 is 6.03 Å². The molecule has 1 aliphatic heterocycles. The van der Waals surface area contributed by atoms with Gasteiger partial charge in [-0.15, -0.1) is 0 Å². The summed E-state index contributed by atoms with van der Waals surface area (Å²) < 4.78 is 0. The highest BCUT2D eigenvalue weighted by molar-refractivity contribution is 5.90. The van der Waals surface area contributed by atoms with E-state index in [1.54, 1.807) is 0 Å². The van der Waals surface area contributed by atoms with E-state index >= 15 is 0 Å². The summed E-state index contributed by atoms with van der Waals surface area (Å²) in [6.45, 7) is 3.96.